The number of imide groups is 1. The number of hydrogen-bond donors (Lipinski definition) is 0. The van der Waals surface area contributed by atoms with Gasteiger partial charge in [0.2, 0.25) is 11.8 Å². The molecule has 1 aromatic rings. The summed E-state index contributed by atoms with van der Waals surface area (Å²) in [5.74, 6) is -1.05. The number of esters is 1. The van der Waals surface area contributed by atoms with Crippen molar-refractivity contribution in [3.8, 4) is 0 Å². The average Bonchev–Trinajstić information content (AvgIpc) is 2.64. The number of carbonyl (C=O) groups is 3. The number of piperidine rings is 2. The molecule has 0 aromatic carbocycles. The number of aromatic nitrogens is 1. The Balaban J connectivity index is 1.50. The van der Waals surface area contributed by atoms with Crippen molar-refractivity contribution in [3.05, 3.63) is 30.1 Å². The van der Waals surface area contributed by atoms with Gasteiger partial charge in [0, 0.05) is 37.7 Å². The average molecular weight is 402 g/mol. The van der Waals surface area contributed by atoms with Gasteiger partial charge in [0.25, 0.3) is 0 Å². The SMILES string of the molecule is CC(C)(C)OC(=O)CN1C(=O)CC2(CCN(CCc3ccccn3)CC2)CC1=O. The lowest BCUT2D eigenvalue weighted by Gasteiger charge is -2.45. The van der Waals surface area contributed by atoms with E-state index in [1.807, 2.05) is 24.4 Å². The minimum atomic E-state index is -0.637. The number of pyridine rings is 1. The van der Waals surface area contributed by atoms with E-state index in [-0.39, 0.29) is 23.8 Å². The molecule has 0 aliphatic carbocycles. The number of amides is 2. The van der Waals surface area contributed by atoms with Gasteiger partial charge in [-0.1, -0.05) is 6.07 Å². The highest BCUT2D eigenvalue weighted by Gasteiger charge is 2.45. The zero-order valence-corrected chi connectivity index (χ0v) is 17.6. The third kappa shape index (κ3) is 5.85. The summed E-state index contributed by atoms with van der Waals surface area (Å²) < 4.78 is 5.25. The summed E-state index contributed by atoms with van der Waals surface area (Å²) >= 11 is 0. The van der Waals surface area contributed by atoms with E-state index < -0.39 is 11.6 Å². The lowest BCUT2D eigenvalue weighted by Crippen LogP contribution is -2.53. The third-order valence-corrected chi connectivity index (χ3v) is 5.69. The summed E-state index contributed by atoms with van der Waals surface area (Å²) in [7, 11) is 0. The van der Waals surface area contributed by atoms with Crippen molar-refractivity contribution in [2.75, 3.05) is 26.2 Å². The molecule has 7 heteroatoms. The van der Waals surface area contributed by atoms with Gasteiger partial charge in [0.05, 0.1) is 0 Å². The number of nitrogens with zero attached hydrogens (tertiary/aromatic N) is 3. The Morgan fingerprint density at radius 1 is 1.14 bits per heavy atom. The van der Waals surface area contributed by atoms with Crippen LogP contribution in [-0.4, -0.2) is 64.3 Å². The number of ether oxygens (including phenoxy) is 1. The van der Waals surface area contributed by atoms with Gasteiger partial charge in [-0.15, -0.1) is 0 Å². The fourth-order valence-corrected chi connectivity index (χ4v) is 4.14. The molecule has 3 rings (SSSR count). The van der Waals surface area contributed by atoms with Crippen LogP contribution >= 0.6 is 0 Å². The molecule has 3 heterocycles. The van der Waals surface area contributed by atoms with E-state index in [1.54, 1.807) is 20.8 Å². The molecule has 2 aliphatic heterocycles. The molecule has 0 bridgehead atoms. The van der Waals surface area contributed by atoms with Crippen molar-refractivity contribution < 1.29 is 19.1 Å². The Morgan fingerprint density at radius 2 is 1.79 bits per heavy atom. The van der Waals surface area contributed by atoms with Crippen LogP contribution in [0.15, 0.2) is 24.4 Å². The zero-order chi connectivity index (χ0) is 21.1. The third-order valence-electron chi connectivity index (χ3n) is 5.69. The van der Waals surface area contributed by atoms with Crippen LogP contribution in [0.2, 0.25) is 0 Å². The van der Waals surface area contributed by atoms with Crippen molar-refractivity contribution >= 4 is 17.8 Å². The van der Waals surface area contributed by atoms with E-state index in [2.05, 4.69) is 9.88 Å². The standard InChI is InChI=1S/C22H31N3O4/c1-21(2,3)29-20(28)16-25-18(26)14-22(15-19(25)27)8-12-24(13-9-22)11-7-17-6-4-5-10-23-17/h4-6,10H,7-9,11-16H2,1-3H3. The van der Waals surface area contributed by atoms with Crippen LogP contribution in [0.25, 0.3) is 0 Å². The molecule has 2 aliphatic rings. The molecule has 158 valence electrons. The van der Waals surface area contributed by atoms with Crippen LogP contribution < -0.4 is 0 Å². The molecule has 7 nitrogen and oxygen atoms in total. The molecule has 1 spiro atoms. The molecular formula is C22H31N3O4. The number of rotatable bonds is 5. The van der Waals surface area contributed by atoms with E-state index in [0.717, 1.165) is 49.5 Å². The molecule has 0 radical (unpaired) electrons. The predicted octanol–water partition coefficient (Wildman–Crippen LogP) is 2.20. The molecule has 29 heavy (non-hydrogen) atoms. The van der Waals surface area contributed by atoms with E-state index in [1.165, 1.54) is 0 Å². The first kappa shape index (κ1) is 21.4. The van der Waals surface area contributed by atoms with Gasteiger partial charge in [-0.2, -0.15) is 0 Å². The first-order valence-corrected chi connectivity index (χ1v) is 10.3. The minimum Gasteiger partial charge on any atom is -0.459 e. The van der Waals surface area contributed by atoms with Gasteiger partial charge in [0.15, 0.2) is 0 Å². The zero-order valence-electron chi connectivity index (χ0n) is 17.6. The highest BCUT2D eigenvalue weighted by Crippen LogP contribution is 2.42. The van der Waals surface area contributed by atoms with Crippen LogP contribution in [0.5, 0.6) is 0 Å². The Kier molecular flexibility index (Phi) is 6.36. The second kappa shape index (κ2) is 8.61. The fourth-order valence-electron chi connectivity index (χ4n) is 4.14. The maximum absolute atomic E-state index is 12.6. The van der Waals surface area contributed by atoms with E-state index in [9.17, 15) is 14.4 Å². The number of likely N-dealkylation sites (tertiary alicyclic amines) is 2. The predicted molar refractivity (Wildman–Crippen MR) is 108 cm³/mol. The van der Waals surface area contributed by atoms with Crippen molar-refractivity contribution in [2.45, 2.75) is 58.5 Å². The van der Waals surface area contributed by atoms with Crippen molar-refractivity contribution in [2.24, 2.45) is 5.41 Å². The second-order valence-electron chi connectivity index (χ2n) is 9.23. The molecule has 0 N–H and O–H groups in total. The summed E-state index contributed by atoms with van der Waals surface area (Å²) in [6.45, 7) is 7.68. The monoisotopic (exact) mass is 401 g/mol. The molecule has 2 saturated heterocycles. The summed E-state index contributed by atoms with van der Waals surface area (Å²) in [6, 6.07) is 5.94. The Bertz CT molecular complexity index is 729. The minimum absolute atomic E-state index is 0.256. The van der Waals surface area contributed by atoms with E-state index >= 15 is 0 Å². The quantitative estimate of drug-likeness (QED) is 0.556. The number of hydrogen-bond acceptors (Lipinski definition) is 6. The first-order valence-electron chi connectivity index (χ1n) is 10.3. The smallest absolute Gasteiger partial charge is 0.326 e. The Labute approximate surface area is 172 Å². The van der Waals surface area contributed by atoms with E-state index in [4.69, 9.17) is 4.74 Å². The first-order chi connectivity index (χ1) is 13.7. The van der Waals surface area contributed by atoms with Gasteiger partial charge in [-0.3, -0.25) is 24.3 Å². The summed E-state index contributed by atoms with van der Waals surface area (Å²) in [5.41, 5.74) is 0.177. The van der Waals surface area contributed by atoms with Gasteiger partial charge < -0.3 is 9.64 Å². The highest BCUT2D eigenvalue weighted by atomic mass is 16.6. The topological polar surface area (TPSA) is 79.8 Å². The molecule has 1 aromatic heterocycles. The summed E-state index contributed by atoms with van der Waals surface area (Å²) in [6.07, 6.45) is 5.02. The van der Waals surface area contributed by atoms with Gasteiger partial charge in [-0.25, -0.2) is 0 Å². The normalized spacial score (nSPS) is 20.2. The van der Waals surface area contributed by atoms with Crippen molar-refractivity contribution in [1.82, 2.24) is 14.8 Å². The molecule has 2 fully saturated rings. The molecular weight excluding hydrogens is 370 g/mol. The van der Waals surface area contributed by atoms with Crippen molar-refractivity contribution in [3.63, 3.8) is 0 Å². The summed E-state index contributed by atoms with van der Waals surface area (Å²) in [5, 5.41) is 0. The largest absolute Gasteiger partial charge is 0.459 e. The second-order valence-corrected chi connectivity index (χ2v) is 9.23. The van der Waals surface area contributed by atoms with Gasteiger partial charge in [-0.05, 0) is 64.3 Å². The van der Waals surface area contributed by atoms with Crippen LogP contribution in [0, 0.1) is 5.41 Å². The lowest BCUT2D eigenvalue weighted by atomic mass is 9.70. The van der Waals surface area contributed by atoms with Crippen LogP contribution in [-0.2, 0) is 25.5 Å². The Hall–Kier alpha value is -2.28. The van der Waals surface area contributed by atoms with Gasteiger partial charge in [0.1, 0.15) is 12.1 Å². The van der Waals surface area contributed by atoms with Crippen molar-refractivity contribution in [1.29, 1.82) is 0 Å². The fraction of sp³-hybridized carbons (Fsp3) is 0.636. The van der Waals surface area contributed by atoms with Crippen LogP contribution in [0.4, 0.5) is 0 Å². The molecule has 2 amide bonds. The maximum atomic E-state index is 12.6. The molecule has 0 unspecified atom stereocenters. The number of carbonyl (C=O) groups excluding carboxylic acids is 3. The van der Waals surface area contributed by atoms with E-state index in [0.29, 0.717) is 12.8 Å². The van der Waals surface area contributed by atoms with Crippen LogP contribution in [0.3, 0.4) is 0 Å². The van der Waals surface area contributed by atoms with Crippen LogP contribution in [0.1, 0.15) is 52.1 Å². The summed E-state index contributed by atoms with van der Waals surface area (Å²) in [4.78, 5) is 45.1. The Morgan fingerprint density at radius 3 is 2.34 bits per heavy atom. The lowest BCUT2D eigenvalue weighted by molar-refractivity contribution is -0.167. The maximum Gasteiger partial charge on any atom is 0.326 e. The molecule has 0 atom stereocenters. The highest BCUT2D eigenvalue weighted by molar-refractivity contribution is 6.01. The molecule has 0 saturated carbocycles. The van der Waals surface area contributed by atoms with Gasteiger partial charge >= 0.3 is 5.97 Å².